The summed E-state index contributed by atoms with van der Waals surface area (Å²) in [7, 11) is 0. The molecule has 1 fully saturated rings. The molecule has 3 atom stereocenters. The molecule has 0 bridgehead atoms. The fourth-order valence-electron chi connectivity index (χ4n) is 4.07. The lowest BCUT2D eigenvalue weighted by Crippen LogP contribution is -2.14. The quantitative estimate of drug-likeness (QED) is 0.312. The van der Waals surface area contributed by atoms with Crippen LogP contribution in [0.3, 0.4) is 0 Å². The van der Waals surface area contributed by atoms with Gasteiger partial charge in [-0.05, 0) is 24.2 Å². The number of unbranched alkanes of at least 4 members (excludes halogenated alkanes) is 4. The van der Waals surface area contributed by atoms with Gasteiger partial charge < -0.3 is 0 Å². The molecule has 0 radical (unpaired) electrons. The van der Waals surface area contributed by atoms with Gasteiger partial charge in [0.15, 0.2) is 0 Å². The highest BCUT2D eigenvalue weighted by Crippen LogP contribution is 2.36. The summed E-state index contributed by atoms with van der Waals surface area (Å²) in [6.07, 6.45) is 19.2. The van der Waals surface area contributed by atoms with Crippen LogP contribution in [0.4, 0.5) is 0 Å². The maximum atomic E-state index is 2.43. The van der Waals surface area contributed by atoms with Crippen molar-refractivity contribution in [3.05, 3.63) is 0 Å². The number of rotatable bonds is 9. The molecule has 0 amide bonds. The van der Waals surface area contributed by atoms with E-state index >= 15 is 0 Å². The highest BCUT2D eigenvalue weighted by Gasteiger charge is 2.23. The van der Waals surface area contributed by atoms with Crippen molar-refractivity contribution < 1.29 is 0 Å². The van der Waals surface area contributed by atoms with Crippen LogP contribution in [-0.2, 0) is 0 Å². The topological polar surface area (TPSA) is 0 Å². The van der Waals surface area contributed by atoms with E-state index in [9.17, 15) is 0 Å². The van der Waals surface area contributed by atoms with Crippen molar-refractivity contribution >= 4 is 0 Å². The normalized spacial score (nSPS) is 26.1. The summed E-state index contributed by atoms with van der Waals surface area (Å²) < 4.78 is 0. The lowest BCUT2D eigenvalue weighted by molar-refractivity contribution is 0.262. The second-order valence-electron chi connectivity index (χ2n) is 6.91. The fourth-order valence-corrected chi connectivity index (χ4v) is 4.07. The molecule has 0 N–H and O–H groups in total. The summed E-state index contributed by atoms with van der Waals surface area (Å²) in [5.41, 5.74) is 0. The molecule has 3 unspecified atom stereocenters. The van der Waals surface area contributed by atoms with Gasteiger partial charge >= 0.3 is 0 Å². The second kappa shape index (κ2) is 10.7. The van der Waals surface area contributed by atoms with Gasteiger partial charge in [0.25, 0.3) is 0 Å². The number of hydrogen-bond donors (Lipinski definition) is 0. The minimum Gasteiger partial charge on any atom is -0.0654 e. The summed E-state index contributed by atoms with van der Waals surface area (Å²) >= 11 is 0. The van der Waals surface area contributed by atoms with Gasteiger partial charge in [-0.3, -0.25) is 0 Å². The molecular formula is C19H38. The standard InChI is InChI=1S/C19H38/c1-4-7-8-9-10-13-18(6-3)19-14-11-12-17(5-2)15-16-19/h17-19H,4-16H2,1-3H3. The van der Waals surface area contributed by atoms with Crippen molar-refractivity contribution in [2.75, 3.05) is 0 Å². The summed E-state index contributed by atoms with van der Waals surface area (Å²) in [5.74, 6) is 3.15. The molecule has 1 aliphatic carbocycles. The molecule has 0 saturated heterocycles. The zero-order chi connectivity index (χ0) is 13.9. The third kappa shape index (κ3) is 6.82. The van der Waals surface area contributed by atoms with E-state index in [-0.39, 0.29) is 0 Å². The van der Waals surface area contributed by atoms with E-state index in [0.29, 0.717) is 0 Å². The minimum absolute atomic E-state index is 1.04. The average Bonchev–Trinajstić information content (AvgIpc) is 2.68. The molecule has 1 saturated carbocycles. The van der Waals surface area contributed by atoms with Crippen LogP contribution in [-0.4, -0.2) is 0 Å². The van der Waals surface area contributed by atoms with E-state index in [2.05, 4.69) is 20.8 Å². The zero-order valence-electron chi connectivity index (χ0n) is 13.9. The summed E-state index contributed by atoms with van der Waals surface area (Å²) in [4.78, 5) is 0. The maximum Gasteiger partial charge on any atom is -0.0386 e. The van der Waals surface area contributed by atoms with Crippen molar-refractivity contribution in [3.8, 4) is 0 Å². The lowest BCUT2D eigenvalue weighted by atomic mass is 9.81. The van der Waals surface area contributed by atoms with Gasteiger partial charge in [0, 0.05) is 0 Å². The molecule has 0 nitrogen and oxygen atoms in total. The van der Waals surface area contributed by atoms with E-state index in [0.717, 1.165) is 17.8 Å². The Kier molecular flexibility index (Phi) is 9.65. The predicted molar refractivity (Wildman–Crippen MR) is 87.5 cm³/mol. The van der Waals surface area contributed by atoms with Crippen LogP contribution in [0.1, 0.15) is 104 Å². The molecule has 0 heterocycles. The first-order valence-corrected chi connectivity index (χ1v) is 9.31. The fraction of sp³-hybridized carbons (Fsp3) is 1.00. The minimum atomic E-state index is 1.04. The Hall–Kier alpha value is 0. The van der Waals surface area contributed by atoms with Crippen LogP contribution < -0.4 is 0 Å². The summed E-state index contributed by atoms with van der Waals surface area (Å²) in [6, 6.07) is 0. The Morgan fingerprint density at radius 1 is 0.842 bits per heavy atom. The van der Waals surface area contributed by atoms with Gasteiger partial charge in [0.05, 0.1) is 0 Å². The van der Waals surface area contributed by atoms with Gasteiger partial charge in [0.2, 0.25) is 0 Å². The van der Waals surface area contributed by atoms with Crippen LogP contribution in [0.5, 0.6) is 0 Å². The Balaban J connectivity index is 2.25. The molecule has 0 spiro atoms. The molecule has 0 heteroatoms. The van der Waals surface area contributed by atoms with Crippen LogP contribution in [0.25, 0.3) is 0 Å². The largest absolute Gasteiger partial charge is 0.0654 e. The third-order valence-electron chi connectivity index (χ3n) is 5.58. The molecule has 0 aromatic carbocycles. The smallest absolute Gasteiger partial charge is 0.0386 e. The molecular weight excluding hydrogens is 228 g/mol. The number of hydrogen-bond acceptors (Lipinski definition) is 0. The van der Waals surface area contributed by atoms with Gasteiger partial charge in [-0.25, -0.2) is 0 Å². The van der Waals surface area contributed by atoms with Gasteiger partial charge in [-0.1, -0.05) is 97.8 Å². The van der Waals surface area contributed by atoms with Crippen LogP contribution in [0, 0.1) is 17.8 Å². The van der Waals surface area contributed by atoms with Gasteiger partial charge in [-0.15, -0.1) is 0 Å². The zero-order valence-corrected chi connectivity index (χ0v) is 13.9. The Morgan fingerprint density at radius 3 is 2.32 bits per heavy atom. The maximum absolute atomic E-state index is 2.43. The first-order valence-electron chi connectivity index (χ1n) is 9.31. The first kappa shape index (κ1) is 17.1. The van der Waals surface area contributed by atoms with Crippen molar-refractivity contribution in [3.63, 3.8) is 0 Å². The second-order valence-corrected chi connectivity index (χ2v) is 6.91. The molecule has 1 rings (SSSR count). The molecule has 114 valence electrons. The molecule has 1 aliphatic rings. The third-order valence-corrected chi connectivity index (χ3v) is 5.58. The van der Waals surface area contributed by atoms with Gasteiger partial charge in [-0.2, -0.15) is 0 Å². The Morgan fingerprint density at radius 2 is 1.63 bits per heavy atom. The Labute approximate surface area is 122 Å². The van der Waals surface area contributed by atoms with Crippen molar-refractivity contribution in [1.82, 2.24) is 0 Å². The van der Waals surface area contributed by atoms with Crippen LogP contribution in [0.15, 0.2) is 0 Å². The van der Waals surface area contributed by atoms with E-state index in [1.54, 1.807) is 0 Å². The molecule has 19 heavy (non-hydrogen) atoms. The predicted octanol–water partition coefficient (Wildman–Crippen LogP) is 6.98. The summed E-state index contributed by atoms with van der Waals surface area (Å²) in [5, 5.41) is 0. The SMILES string of the molecule is CCCCCCCC(CC)C1CCCC(CC)CC1. The van der Waals surface area contributed by atoms with Gasteiger partial charge in [0.1, 0.15) is 0 Å². The van der Waals surface area contributed by atoms with Crippen LogP contribution >= 0.6 is 0 Å². The average molecular weight is 267 g/mol. The van der Waals surface area contributed by atoms with E-state index < -0.39 is 0 Å². The lowest BCUT2D eigenvalue weighted by Gasteiger charge is -2.25. The van der Waals surface area contributed by atoms with Crippen LogP contribution in [0.2, 0.25) is 0 Å². The monoisotopic (exact) mass is 266 g/mol. The molecule has 0 aromatic heterocycles. The molecule has 0 aliphatic heterocycles. The highest BCUT2D eigenvalue weighted by atomic mass is 14.3. The summed E-state index contributed by atoms with van der Waals surface area (Å²) in [6.45, 7) is 7.12. The Bertz CT molecular complexity index is 196. The van der Waals surface area contributed by atoms with E-state index in [1.165, 1.54) is 83.5 Å². The first-order chi connectivity index (χ1) is 9.31. The highest BCUT2D eigenvalue weighted by molar-refractivity contribution is 4.75. The van der Waals surface area contributed by atoms with E-state index in [4.69, 9.17) is 0 Å². The van der Waals surface area contributed by atoms with Crippen molar-refractivity contribution in [2.45, 2.75) is 104 Å². The van der Waals surface area contributed by atoms with Crippen molar-refractivity contribution in [2.24, 2.45) is 17.8 Å². The van der Waals surface area contributed by atoms with Crippen molar-refractivity contribution in [1.29, 1.82) is 0 Å². The van der Waals surface area contributed by atoms with E-state index in [1.807, 2.05) is 0 Å². The molecule has 0 aromatic rings.